The van der Waals surface area contributed by atoms with Gasteiger partial charge in [0.05, 0.1) is 11.9 Å². The maximum atomic E-state index is 12.5. The summed E-state index contributed by atoms with van der Waals surface area (Å²) < 4.78 is 3.54. The number of hydrogen-bond donors (Lipinski definition) is 2. The van der Waals surface area contributed by atoms with Crippen molar-refractivity contribution in [1.82, 2.24) is 24.4 Å². The average Bonchev–Trinajstić information content (AvgIpc) is 3.25. The number of anilines is 1. The molecule has 0 fully saturated rings. The van der Waals surface area contributed by atoms with Crippen LogP contribution in [0.3, 0.4) is 0 Å². The first-order valence-electron chi connectivity index (χ1n) is 8.54. The van der Waals surface area contributed by atoms with E-state index in [2.05, 4.69) is 20.5 Å². The molecule has 8 nitrogen and oxygen atoms in total. The molecule has 0 saturated carbocycles. The second-order valence-corrected chi connectivity index (χ2v) is 6.09. The van der Waals surface area contributed by atoms with E-state index in [4.69, 9.17) is 0 Å². The topological polar surface area (TPSA) is 97.3 Å². The lowest BCUT2D eigenvalue weighted by molar-refractivity contribution is 0.102. The molecule has 0 radical (unpaired) electrons. The molecule has 0 aliphatic carbocycles. The zero-order valence-electron chi connectivity index (χ0n) is 14.9. The Morgan fingerprint density at radius 1 is 1.26 bits per heavy atom. The van der Waals surface area contributed by atoms with E-state index in [1.165, 1.54) is 12.1 Å². The van der Waals surface area contributed by atoms with E-state index in [9.17, 15) is 9.90 Å². The van der Waals surface area contributed by atoms with Crippen LogP contribution < -0.4 is 5.32 Å². The van der Waals surface area contributed by atoms with Crippen molar-refractivity contribution in [2.75, 3.05) is 5.32 Å². The van der Waals surface area contributed by atoms with Gasteiger partial charge >= 0.3 is 0 Å². The smallest absolute Gasteiger partial charge is 0.276 e. The number of hydrogen-bond acceptors (Lipinski definition) is 5. The molecule has 0 spiro atoms. The number of aryl methyl sites for hydroxylation is 1. The summed E-state index contributed by atoms with van der Waals surface area (Å²) in [5.41, 5.74) is 4.06. The zero-order chi connectivity index (χ0) is 19.0. The Hall–Kier alpha value is -3.68. The fraction of sp³-hybridized carbons (Fsp3) is 0.158. The van der Waals surface area contributed by atoms with Gasteiger partial charge in [-0.3, -0.25) is 9.48 Å². The van der Waals surface area contributed by atoms with Gasteiger partial charge in [-0.1, -0.05) is 6.07 Å². The molecule has 1 amide bonds. The largest absolute Gasteiger partial charge is 0.508 e. The quantitative estimate of drug-likeness (QED) is 0.582. The molecule has 4 rings (SSSR count). The van der Waals surface area contributed by atoms with E-state index < -0.39 is 0 Å². The minimum Gasteiger partial charge on any atom is -0.508 e. The summed E-state index contributed by atoms with van der Waals surface area (Å²) in [7, 11) is 0. The number of amides is 1. The number of rotatable bonds is 4. The maximum absolute atomic E-state index is 12.5. The molecule has 27 heavy (non-hydrogen) atoms. The van der Waals surface area contributed by atoms with E-state index in [1.54, 1.807) is 35.1 Å². The Morgan fingerprint density at radius 3 is 2.85 bits per heavy atom. The van der Waals surface area contributed by atoms with Crippen molar-refractivity contribution in [2.45, 2.75) is 20.4 Å². The molecule has 136 valence electrons. The van der Waals surface area contributed by atoms with Gasteiger partial charge in [0.15, 0.2) is 11.3 Å². The highest BCUT2D eigenvalue weighted by molar-refractivity contribution is 6.03. The lowest BCUT2D eigenvalue weighted by Gasteiger charge is -2.05. The number of nitrogens with one attached hydrogen (secondary N) is 1. The number of aromatic hydroxyl groups is 1. The van der Waals surface area contributed by atoms with Crippen molar-refractivity contribution in [2.24, 2.45) is 0 Å². The van der Waals surface area contributed by atoms with Gasteiger partial charge in [-0.2, -0.15) is 10.2 Å². The molecule has 8 heteroatoms. The predicted octanol–water partition coefficient (Wildman–Crippen LogP) is 2.88. The molecular weight excluding hydrogens is 344 g/mol. The summed E-state index contributed by atoms with van der Waals surface area (Å²) in [5, 5.41) is 21.1. The van der Waals surface area contributed by atoms with Gasteiger partial charge in [0.1, 0.15) is 5.75 Å². The highest BCUT2D eigenvalue weighted by Crippen LogP contribution is 2.24. The van der Waals surface area contributed by atoms with Crippen molar-refractivity contribution in [3.63, 3.8) is 0 Å². The first-order chi connectivity index (χ1) is 13.1. The fourth-order valence-electron chi connectivity index (χ4n) is 3.01. The molecule has 0 aliphatic rings. The van der Waals surface area contributed by atoms with Crippen LogP contribution in [-0.2, 0) is 6.54 Å². The van der Waals surface area contributed by atoms with Gasteiger partial charge < -0.3 is 10.4 Å². The van der Waals surface area contributed by atoms with Crippen LogP contribution >= 0.6 is 0 Å². The van der Waals surface area contributed by atoms with Crippen LogP contribution in [0.5, 0.6) is 5.75 Å². The first-order valence-corrected chi connectivity index (χ1v) is 8.54. The lowest BCUT2D eigenvalue weighted by atomic mass is 10.2. The number of fused-ring (bicyclic) bond motifs is 1. The van der Waals surface area contributed by atoms with Gasteiger partial charge in [-0.25, -0.2) is 9.50 Å². The van der Waals surface area contributed by atoms with Gasteiger partial charge in [0.25, 0.3) is 5.91 Å². The molecule has 0 unspecified atom stereocenters. The van der Waals surface area contributed by atoms with E-state index in [1.807, 2.05) is 24.6 Å². The number of phenols is 1. The summed E-state index contributed by atoms with van der Waals surface area (Å²) in [6.45, 7) is 4.80. The van der Waals surface area contributed by atoms with Crippen LogP contribution in [0.15, 0.2) is 48.8 Å². The predicted molar refractivity (Wildman–Crippen MR) is 101 cm³/mol. The summed E-state index contributed by atoms with van der Waals surface area (Å²) in [4.78, 5) is 16.8. The standard InChI is InChI=1S/C19H18N6O2/c1-3-24-12(2)15(11-21-24)17-7-8-20-18-10-16(23-25(17)18)19(27)22-13-5-4-6-14(26)9-13/h4-11,26H,3H2,1-2H3,(H,22,27). The van der Waals surface area contributed by atoms with Crippen LogP contribution in [0.2, 0.25) is 0 Å². The summed E-state index contributed by atoms with van der Waals surface area (Å²) in [5.74, 6) is -0.298. The number of carbonyl (C=O) groups excluding carboxylic acids is 1. The third-order valence-electron chi connectivity index (χ3n) is 4.37. The normalized spacial score (nSPS) is 11.0. The monoisotopic (exact) mass is 362 g/mol. The molecule has 3 aromatic heterocycles. The van der Waals surface area contributed by atoms with Crippen molar-refractivity contribution >= 4 is 17.2 Å². The third kappa shape index (κ3) is 3.01. The van der Waals surface area contributed by atoms with Gasteiger partial charge in [0, 0.05) is 41.8 Å². The van der Waals surface area contributed by atoms with Crippen molar-refractivity contribution < 1.29 is 9.90 Å². The van der Waals surface area contributed by atoms with Crippen molar-refractivity contribution in [3.8, 4) is 17.0 Å². The number of benzene rings is 1. The highest BCUT2D eigenvalue weighted by atomic mass is 16.3. The van der Waals surface area contributed by atoms with Gasteiger partial charge in [-0.05, 0) is 32.0 Å². The van der Waals surface area contributed by atoms with E-state index in [0.717, 1.165) is 23.5 Å². The number of phenolic OH excluding ortho intramolecular Hbond substituents is 1. The molecule has 0 atom stereocenters. The Bertz CT molecular complexity index is 1140. The average molecular weight is 362 g/mol. The van der Waals surface area contributed by atoms with Crippen LogP contribution in [0, 0.1) is 6.92 Å². The van der Waals surface area contributed by atoms with E-state index in [-0.39, 0.29) is 17.4 Å². The Labute approximate surface area is 155 Å². The minimum atomic E-state index is -0.377. The summed E-state index contributed by atoms with van der Waals surface area (Å²) in [6, 6.07) is 9.83. The first kappa shape index (κ1) is 16.8. The molecule has 0 aliphatic heterocycles. The Kier molecular flexibility index (Phi) is 4.08. The molecule has 4 aromatic rings. The van der Waals surface area contributed by atoms with Crippen LogP contribution in [-0.4, -0.2) is 35.4 Å². The molecule has 3 heterocycles. The van der Waals surface area contributed by atoms with E-state index >= 15 is 0 Å². The van der Waals surface area contributed by atoms with Crippen molar-refractivity contribution in [1.29, 1.82) is 0 Å². The fourth-order valence-corrected chi connectivity index (χ4v) is 3.01. The summed E-state index contributed by atoms with van der Waals surface area (Å²) in [6.07, 6.45) is 3.48. The third-order valence-corrected chi connectivity index (χ3v) is 4.37. The molecule has 1 aromatic carbocycles. The van der Waals surface area contributed by atoms with Gasteiger partial charge in [-0.15, -0.1) is 0 Å². The van der Waals surface area contributed by atoms with Crippen LogP contribution in [0.1, 0.15) is 23.1 Å². The molecular formula is C19H18N6O2. The second kappa shape index (κ2) is 6.56. The van der Waals surface area contributed by atoms with Crippen LogP contribution in [0.25, 0.3) is 16.9 Å². The maximum Gasteiger partial charge on any atom is 0.276 e. The van der Waals surface area contributed by atoms with Crippen LogP contribution in [0.4, 0.5) is 5.69 Å². The molecule has 2 N–H and O–H groups in total. The summed E-state index contributed by atoms with van der Waals surface area (Å²) >= 11 is 0. The van der Waals surface area contributed by atoms with Gasteiger partial charge in [0.2, 0.25) is 0 Å². The molecule has 0 saturated heterocycles. The zero-order valence-corrected chi connectivity index (χ0v) is 14.9. The Morgan fingerprint density at radius 2 is 2.11 bits per heavy atom. The van der Waals surface area contributed by atoms with E-state index in [0.29, 0.717) is 11.3 Å². The SMILES string of the molecule is CCn1ncc(-c2ccnc3cc(C(=O)Nc4cccc(O)c4)nn23)c1C. The Balaban J connectivity index is 1.72. The minimum absolute atomic E-state index is 0.0789. The lowest BCUT2D eigenvalue weighted by Crippen LogP contribution is -2.12. The molecule has 0 bridgehead atoms. The number of nitrogens with zero attached hydrogens (tertiary/aromatic N) is 5. The van der Waals surface area contributed by atoms with Crippen molar-refractivity contribution in [3.05, 3.63) is 60.2 Å². The number of aromatic nitrogens is 5. The highest BCUT2D eigenvalue weighted by Gasteiger charge is 2.16. The second-order valence-electron chi connectivity index (χ2n) is 6.09. The number of carbonyl (C=O) groups is 1.